The van der Waals surface area contributed by atoms with Crippen LogP contribution in [0.3, 0.4) is 0 Å². The summed E-state index contributed by atoms with van der Waals surface area (Å²) >= 11 is 0. The maximum Gasteiger partial charge on any atom is 0.00618 e. The quantitative estimate of drug-likeness (QED) is 0.619. The molecule has 1 nitrogen and oxygen atoms in total. The summed E-state index contributed by atoms with van der Waals surface area (Å²) in [4.78, 5) is 0. The van der Waals surface area contributed by atoms with Crippen molar-refractivity contribution in [2.24, 2.45) is 0 Å². The zero-order valence-electron chi connectivity index (χ0n) is 8.02. The van der Waals surface area contributed by atoms with Crippen LogP contribution in [-0.2, 0) is 0 Å². The van der Waals surface area contributed by atoms with Gasteiger partial charge in [-0.2, -0.15) is 0 Å². The smallest absolute Gasteiger partial charge is 0.00618 e. The van der Waals surface area contributed by atoms with E-state index in [0.717, 1.165) is 6.04 Å². The summed E-state index contributed by atoms with van der Waals surface area (Å²) in [5.41, 5.74) is 0. The summed E-state index contributed by atoms with van der Waals surface area (Å²) in [7, 11) is 0. The van der Waals surface area contributed by atoms with Gasteiger partial charge in [-0.25, -0.2) is 0 Å². The van der Waals surface area contributed by atoms with E-state index in [1.165, 1.54) is 32.2 Å². The number of nitrogens with one attached hydrogen (secondary N) is 1. The Morgan fingerprint density at radius 1 is 1.09 bits per heavy atom. The van der Waals surface area contributed by atoms with Gasteiger partial charge >= 0.3 is 0 Å². The molecule has 2 heteroatoms. The third-order valence-electron chi connectivity index (χ3n) is 1.95. The van der Waals surface area contributed by atoms with Crippen molar-refractivity contribution in [1.29, 1.82) is 0 Å². The van der Waals surface area contributed by atoms with Crippen LogP contribution in [0.5, 0.6) is 0 Å². The summed E-state index contributed by atoms with van der Waals surface area (Å²) in [6, 6.07) is 0.756. The molecule has 11 heavy (non-hydrogen) atoms. The molecule has 0 heterocycles. The fourth-order valence-corrected chi connectivity index (χ4v) is 1.06. The highest BCUT2D eigenvalue weighted by molar-refractivity contribution is 5.85. The maximum absolute atomic E-state index is 3.52. The molecule has 0 atom stereocenters. The Kier molecular flexibility index (Phi) is 12.9. The minimum absolute atomic E-state index is 0. The number of hydrogen-bond acceptors (Lipinski definition) is 1. The third kappa shape index (κ3) is 8.15. The van der Waals surface area contributed by atoms with Gasteiger partial charge in [0, 0.05) is 6.04 Å². The molecule has 0 saturated heterocycles. The normalized spacial score (nSPS) is 9.82. The molecule has 0 saturated carbocycles. The van der Waals surface area contributed by atoms with E-state index in [2.05, 4.69) is 26.1 Å². The lowest BCUT2D eigenvalue weighted by Crippen LogP contribution is -2.28. The van der Waals surface area contributed by atoms with Crippen molar-refractivity contribution in [1.82, 2.24) is 5.32 Å². The molecule has 0 amide bonds. The number of unbranched alkanes of at least 4 members (excludes halogenated alkanes) is 1. The van der Waals surface area contributed by atoms with Gasteiger partial charge in [-0.1, -0.05) is 27.2 Å². The highest BCUT2D eigenvalue weighted by Crippen LogP contribution is 1.96. The first kappa shape index (κ1) is 13.8. The van der Waals surface area contributed by atoms with Crippen molar-refractivity contribution < 1.29 is 0 Å². The van der Waals surface area contributed by atoms with E-state index < -0.39 is 0 Å². The Morgan fingerprint density at radius 2 is 1.64 bits per heavy atom. The fourth-order valence-electron chi connectivity index (χ4n) is 1.06. The highest BCUT2D eigenvalue weighted by atomic mass is 35.5. The van der Waals surface area contributed by atoms with Crippen LogP contribution in [0.2, 0.25) is 0 Å². The van der Waals surface area contributed by atoms with Crippen LogP contribution < -0.4 is 5.32 Å². The van der Waals surface area contributed by atoms with Crippen molar-refractivity contribution in [2.45, 2.75) is 52.5 Å². The van der Waals surface area contributed by atoms with E-state index in [1.807, 2.05) is 0 Å². The molecule has 0 spiro atoms. The van der Waals surface area contributed by atoms with Crippen LogP contribution in [0, 0.1) is 0 Å². The summed E-state index contributed by atoms with van der Waals surface area (Å²) in [5, 5.41) is 3.52. The molecular formula is C9H22ClN. The van der Waals surface area contributed by atoms with Crippen LogP contribution in [0.25, 0.3) is 0 Å². The molecule has 0 aliphatic heterocycles. The second-order valence-electron chi connectivity index (χ2n) is 2.82. The lowest BCUT2D eigenvalue weighted by molar-refractivity contribution is 0.477. The zero-order chi connectivity index (χ0) is 7.82. The van der Waals surface area contributed by atoms with Gasteiger partial charge in [0.15, 0.2) is 0 Å². The molecule has 0 aromatic rings. The first-order valence-corrected chi connectivity index (χ1v) is 4.58. The van der Waals surface area contributed by atoms with Gasteiger partial charge in [0.25, 0.3) is 0 Å². The molecule has 0 aliphatic rings. The van der Waals surface area contributed by atoms with E-state index in [0.29, 0.717) is 0 Å². The standard InChI is InChI=1S/C9H21N.ClH/c1-4-7-8-10-9(5-2)6-3;/h9-10H,4-8H2,1-3H3;1H. The van der Waals surface area contributed by atoms with Gasteiger partial charge in [-0.05, 0) is 25.8 Å². The largest absolute Gasteiger partial charge is 0.314 e. The van der Waals surface area contributed by atoms with Crippen molar-refractivity contribution in [2.75, 3.05) is 6.54 Å². The zero-order valence-corrected chi connectivity index (χ0v) is 8.84. The average Bonchev–Trinajstić information content (AvgIpc) is 1.99. The third-order valence-corrected chi connectivity index (χ3v) is 1.95. The number of hydrogen-bond donors (Lipinski definition) is 1. The van der Waals surface area contributed by atoms with Crippen LogP contribution in [-0.4, -0.2) is 12.6 Å². The van der Waals surface area contributed by atoms with Crippen molar-refractivity contribution in [3.8, 4) is 0 Å². The van der Waals surface area contributed by atoms with Gasteiger partial charge in [0.05, 0.1) is 0 Å². The molecule has 1 N–H and O–H groups in total. The Hall–Kier alpha value is 0.250. The van der Waals surface area contributed by atoms with Crippen LogP contribution in [0.1, 0.15) is 46.5 Å². The SMILES string of the molecule is CCCCNC(CC)CC.Cl. The van der Waals surface area contributed by atoms with Gasteiger partial charge in [0.2, 0.25) is 0 Å². The van der Waals surface area contributed by atoms with E-state index >= 15 is 0 Å². The molecular weight excluding hydrogens is 158 g/mol. The highest BCUT2D eigenvalue weighted by Gasteiger charge is 1.98. The summed E-state index contributed by atoms with van der Waals surface area (Å²) < 4.78 is 0. The lowest BCUT2D eigenvalue weighted by Gasteiger charge is -2.13. The number of rotatable bonds is 6. The molecule has 0 aromatic carbocycles. The van der Waals surface area contributed by atoms with Gasteiger partial charge in [-0.3, -0.25) is 0 Å². The Bertz CT molecular complexity index is 62.6. The molecule has 0 rings (SSSR count). The lowest BCUT2D eigenvalue weighted by atomic mass is 10.1. The molecule has 70 valence electrons. The van der Waals surface area contributed by atoms with Crippen LogP contribution >= 0.6 is 12.4 Å². The van der Waals surface area contributed by atoms with Crippen molar-refractivity contribution in [3.63, 3.8) is 0 Å². The van der Waals surface area contributed by atoms with Crippen LogP contribution in [0.4, 0.5) is 0 Å². The van der Waals surface area contributed by atoms with Gasteiger partial charge < -0.3 is 5.32 Å². The molecule has 0 unspecified atom stereocenters. The fraction of sp³-hybridized carbons (Fsp3) is 1.00. The van der Waals surface area contributed by atoms with E-state index in [-0.39, 0.29) is 12.4 Å². The second-order valence-corrected chi connectivity index (χ2v) is 2.82. The van der Waals surface area contributed by atoms with E-state index in [4.69, 9.17) is 0 Å². The monoisotopic (exact) mass is 179 g/mol. The second kappa shape index (κ2) is 10.2. The van der Waals surface area contributed by atoms with Gasteiger partial charge in [-0.15, -0.1) is 12.4 Å². The first-order valence-electron chi connectivity index (χ1n) is 4.58. The average molecular weight is 180 g/mol. The molecule has 0 fully saturated rings. The predicted octanol–water partition coefficient (Wildman–Crippen LogP) is 2.99. The van der Waals surface area contributed by atoms with Gasteiger partial charge in [0.1, 0.15) is 0 Å². The molecule has 0 aromatic heterocycles. The minimum atomic E-state index is 0. The minimum Gasteiger partial charge on any atom is -0.314 e. The Morgan fingerprint density at radius 3 is 2.00 bits per heavy atom. The first-order chi connectivity index (χ1) is 4.85. The summed E-state index contributed by atoms with van der Waals surface area (Å²) in [6.07, 6.45) is 5.14. The Balaban J connectivity index is 0. The predicted molar refractivity (Wildman–Crippen MR) is 54.5 cm³/mol. The summed E-state index contributed by atoms with van der Waals surface area (Å²) in [6.45, 7) is 7.91. The Labute approximate surface area is 77.4 Å². The van der Waals surface area contributed by atoms with Crippen molar-refractivity contribution >= 4 is 12.4 Å². The molecule has 0 radical (unpaired) electrons. The van der Waals surface area contributed by atoms with E-state index in [1.54, 1.807) is 0 Å². The molecule has 0 bridgehead atoms. The van der Waals surface area contributed by atoms with Crippen molar-refractivity contribution in [3.05, 3.63) is 0 Å². The van der Waals surface area contributed by atoms with E-state index in [9.17, 15) is 0 Å². The number of halogens is 1. The molecule has 0 aliphatic carbocycles. The summed E-state index contributed by atoms with van der Waals surface area (Å²) in [5.74, 6) is 0. The van der Waals surface area contributed by atoms with Crippen LogP contribution in [0.15, 0.2) is 0 Å². The maximum atomic E-state index is 3.52. The topological polar surface area (TPSA) is 12.0 Å².